The minimum Gasteiger partial charge on any atom is -0.494 e. The number of anilines is 2. The molecule has 1 fully saturated rings. The van der Waals surface area contributed by atoms with E-state index in [2.05, 4.69) is 10.6 Å². The van der Waals surface area contributed by atoms with Crippen LogP contribution in [0.1, 0.15) is 13.3 Å². The average Bonchev–Trinajstić information content (AvgIpc) is 3.40. The monoisotopic (exact) mass is 358 g/mol. The molecule has 2 aromatic carbocycles. The zero-order valence-electron chi connectivity index (χ0n) is 13.8. The number of ether oxygens (including phenoxy) is 1. The molecule has 6 heteroatoms. The number of carbonyl (C=O) groups excluding carboxylic acids is 2. The zero-order valence-corrected chi connectivity index (χ0v) is 14.5. The number of carbonyl (C=O) groups is 2. The summed E-state index contributed by atoms with van der Waals surface area (Å²) in [6.07, 6.45) is 0.541. The van der Waals surface area contributed by atoms with Crippen LogP contribution in [0.4, 0.5) is 11.4 Å². The van der Waals surface area contributed by atoms with Crippen LogP contribution in [0.3, 0.4) is 0 Å². The minimum atomic E-state index is -0.320. The summed E-state index contributed by atoms with van der Waals surface area (Å²) >= 11 is 6.03. The van der Waals surface area contributed by atoms with Gasteiger partial charge in [0.15, 0.2) is 0 Å². The molecule has 1 aliphatic carbocycles. The van der Waals surface area contributed by atoms with Crippen molar-refractivity contribution in [3.05, 3.63) is 53.6 Å². The third-order valence-corrected chi connectivity index (χ3v) is 4.36. The fourth-order valence-corrected chi connectivity index (χ4v) is 2.78. The van der Waals surface area contributed by atoms with Gasteiger partial charge in [0.25, 0.3) is 0 Å². The molecule has 1 saturated carbocycles. The van der Waals surface area contributed by atoms with Crippen LogP contribution >= 0.6 is 11.6 Å². The molecule has 2 aromatic rings. The molecular weight excluding hydrogens is 340 g/mol. The molecule has 2 unspecified atom stereocenters. The van der Waals surface area contributed by atoms with E-state index in [1.165, 1.54) is 0 Å². The van der Waals surface area contributed by atoms with Gasteiger partial charge in [-0.1, -0.05) is 23.7 Å². The number of para-hydroxylation sites is 1. The summed E-state index contributed by atoms with van der Waals surface area (Å²) in [5, 5.41) is 6.09. The standard InChI is InChI=1S/C19H19ClN2O3/c1-2-25-13-9-7-12(8-10-13)21-18(23)14-11-15(14)19(24)22-17-6-4-3-5-16(17)20/h3-10,14-15H,2,11H2,1H3,(H,21,23)(H,22,24). The van der Waals surface area contributed by atoms with Gasteiger partial charge in [0.1, 0.15) is 5.75 Å². The largest absolute Gasteiger partial charge is 0.494 e. The molecule has 0 radical (unpaired) electrons. The van der Waals surface area contributed by atoms with Gasteiger partial charge in [0, 0.05) is 5.69 Å². The molecule has 5 nitrogen and oxygen atoms in total. The topological polar surface area (TPSA) is 67.4 Å². The van der Waals surface area contributed by atoms with Crippen molar-refractivity contribution in [2.45, 2.75) is 13.3 Å². The maximum Gasteiger partial charge on any atom is 0.228 e. The van der Waals surface area contributed by atoms with E-state index in [0.717, 1.165) is 5.75 Å². The Kier molecular flexibility index (Phi) is 5.24. The van der Waals surface area contributed by atoms with E-state index in [-0.39, 0.29) is 23.7 Å². The van der Waals surface area contributed by atoms with E-state index < -0.39 is 0 Å². The average molecular weight is 359 g/mol. The van der Waals surface area contributed by atoms with Gasteiger partial charge in [-0.15, -0.1) is 0 Å². The summed E-state index contributed by atoms with van der Waals surface area (Å²) < 4.78 is 5.36. The molecule has 130 valence electrons. The smallest absolute Gasteiger partial charge is 0.228 e. The molecule has 2 N–H and O–H groups in total. The first-order valence-electron chi connectivity index (χ1n) is 8.17. The van der Waals surface area contributed by atoms with Crippen LogP contribution in [0.15, 0.2) is 48.5 Å². The van der Waals surface area contributed by atoms with Gasteiger partial charge in [-0.3, -0.25) is 9.59 Å². The maximum atomic E-state index is 12.3. The highest BCUT2D eigenvalue weighted by Gasteiger charge is 2.48. The summed E-state index contributed by atoms with van der Waals surface area (Å²) in [5.74, 6) is -0.208. The van der Waals surface area contributed by atoms with Crippen molar-refractivity contribution in [2.24, 2.45) is 11.8 Å². The van der Waals surface area contributed by atoms with Crippen LogP contribution in [-0.2, 0) is 9.59 Å². The van der Waals surface area contributed by atoms with Crippen LogP contribution in [0, 0.1) is 11.8 Å². The number of amides is 2. The van der Waals surface area contributed by atoms with E-state index in [0.29, 0.717) is 29.4 Å². The van der Waals surface area contributed by atoms with Crippen LogP contribution in [0.25, 0.3) is 0 Å². The Morgan fingerprint density at radius 1 is 1.04 bits per heavy atom. The Morgan fingerprint density at radius 3 is 2.32 bits per heavy atom. The molecule has 0 heterocycles. The van der Waals surface area contributed by atoms with Crippen molar-refractivity contribution < 1.29 is 14.3 Å². The van der Waals surface area contributed by atoms with Gasteiger partial charge in [0.2, 0.25) is 11.8 Å². The first kappa shape index (κ1) is 17.3. The highest BCUT2D eigenvalue weighted by molar-refractivity contribution is 6.33. The third-order valence-electron chi connectivity index (χ3n) is 4.03. The number of halogens is 1. The van der Waals surface area contributed by atoms with Crippen LogP contribution in [-0.4, -0.2) is 18.4 Å². The summed E-state index contributed by atoms with van der Waals surface area (Å²) in [6.45, 7) is 2.51. The quantitative estimate of drug-likeness (QED) is 0.821. The van der Waals surface area contributed by atoms with Crippen molar-refractivity contribution in [1.29, 1.82) is 0 Å². The van der Waals surface area contributed by atoms with Crippen molar-refractivity contribution in [3.8, 4) is 5.75 Å². The second-order valence-corrected chi connectivity index (χ2v) is 6.27. The number of benzene rings is 2. The molecule has 0 aromatic heterocycles. The van der Waals surface area contributed by atoms with E-state index in [1.807, 2.05) is 6.92 Å². The van der Waals surface area contributed by atoms with Gasteiger partial charge in [0.05, 0.1) is 29.2 Å². The molecule has 3 rings (SSSR count). The van der Waals surface area contributed by atoms with E-state index in [9.17, 15) is 9.59 Å². The second kappa shape index (κ2) is 7.57. The summed E-state index contributed by atoms with van der Waals surface area (Å²) in [5.41, 5.74) is 1.25. The number of rotatable bonds is 6. The number of hydrogen-bond acceptors (Lipinski definition) is 3. The van der Waals surface area contributed by atoms with Crippen molar-refractivity contribution >= 4 is 34.8 Å². The predicted molar refractivity (Wildman–Crippen MR) is 97.9 cm³/mol. The lowest BCUT2D eigenvalue weighted by Gasteiger charge is -2.08. The highest BCUT2D eigenvalue weighted by atomic mass is 35.5. The van der Waals surface area contributed by atoms with Gasteiger partial charge >= 0.3 is 0 Å². The maximum absolute atomic E-state index is 12.3. The Labute approximate surface area is 151 Å². The Bertz CT molecular complexity index is 776. The lowest BCUT2D eigenvalue weighted by molar-refractivity contribution is -0.122. The number of hydrogen-bond donors (Lipinski definition) is 2. The van der Waals surface area contributed by atoms with Crippen molar-refractivity contribution in [2.75, 3.05) is 17.2 Å². The Hall–Kier alpha value is -2.53. The molecule has 0 aliphatic heterocycles. The van der Waals surface area contributed by atoms with Gasteiger partial charge in [-0.25, -0.2) is 0 Å². The SMILES string of the molecule is CCOc1ccc(NC(=O)C2CC2C(=O)Nc2ccccc2Cl)cc1. The van der Waals surface area contributed by atoms with Crippen molar-refractivity contribution in [1.82, 2.24) is 0 Å². The molecule has 2 amide bonds. The van der Waals surface area contributed by atoms with Gasteiger partial charge in [-0.05, 0) is 49.7 Å². The van der Waals surface area contributed by atoms with E-state index in [4.69, 9.17) is 16.3 Å². The fourth-order valence-electron chi connectivity index (χ4n) is 2.60. The van der Waals surface area contributed by atoms with E-state index in [1.54, 1.807) is 48.5 Å². The molecule has 2 atom stereocenters. The molecule has 1 aliphatic rings. The highest BCUT2D eigenvalue weighted by Crippen LogP contribution is 2.40. The molecular formula is C19H19ClN2O3. The van der Waals surface area contributed by atoms with Crippen LogP contribution in [0.2, 0.25) is 5.02 Å². The molecule has 0 bridgehead atoms. The first-order valence-corrected chi connectivity index (χ1v) is 8.55. The zero-order chi connectivity index (χ0) is 17.8. The minimum absolute atomic E-state index is 0.150. The second-order valence-electron chi connectivity index (χ2n) is 5.86. The van der Waals surface area contributed by atoms with Gasteiger partial charge in [-0.2, -0.15) is 0 Å². The Balaban J connectivity index is 1.53. The van der Waals surface area contributed by atoms with Crippen LogP contribution in [0.5, 0.6) is 5.75 Å². The first-order chi connectivity index (χ1) is 12.1. The molecule has 0 spiro atoms. The molecule has 25 heavy (non-hydrogen) atoms. The lowest BCUT2D eigenvalue weighted by Crippen LogP contribution is -2.20. The summed E-state index contributed by atoms with van der Waals surface area (Å²) in [7, 11) is 0. The lowest BCUT2D eigenvalue weighted by atomic mass is 10.2. The summed E-state index contributed by atoms with van der Waals surface area (Å²) in [4.78, 5) is 24.5. The number of nitrogens with one attached hydrogen (secondary N) is 2. The van der Waals surface area contributed by atoms with E-state index >= 15 is 0 Å². The fraction of sp³-hybridized carbons (Fsp3) is 0.263. The predicted octanol–water partition coefficient (Wildman–Crippen LogP) is 3.95. The third kappa shape index (κ3) is 4.31. The van der Waals surface area contributed by atoms with Gasteiger partial charge < -0.3 is 15.4 Å². The van der Waals surface area contributed by atoms with Crippen LogP contribution < -0.4 is 15.4 Å². The van der Waals surface area contributed by atoms with Crippen molar-refractivity contribution in [3.63, 3.8) is 0 Å². The summed E-state index contributed by atoms with van der Waals surface area (Å²) in [6, 6.07) is 14.2. The Morgan fingerprint density at radius 2 is 1.68 bits per heavy atom. The molecule has 0 saturated heterocycles. The normalized spacial score (nSPS) is 18.3.